The van der Waals surface area contributed by atoms with E-state index in [0.717, 1.165) is 24.7 Å². The van der Waals surface area contributed by atoms with E-state index < -0.39 is 0 Å². The number of nitriles is 2. The molecule has 0 atom stereocenters. The topological polar surface area (TPSA) is 64.7 Å². The van der Waals surface area contributed by atoms with Crippen LogP contribution in [-0.4, -0.2) is 6.29 Å². The van der Waals surface area contributed by atoms with Gasteiger partial charge in [0.25, 0.3) is 0 Å². The molecule has 1 aromatic carbocycles. The van der Waals surface area contributed by atoms with Gasteiger partial charge in [-0.15, -0.1) is 0 Å². The molecular weight excluding hydrogens is 212 g/mol. The molecule has 0 bridgehead atoms. The standard InChI is InChI=1S/C14H14N2O/c15-9-1-3-13(4-2-10-16)14-7-5-12(11-17)6-8-14/h5-8,11,13H,1-4H2. The number of carbonyl (C=O) groups is 1. The highest BCUT2D eigenvalue weighted by Crippen LogP contribution is 2.26. The molecule has 0 radical (unpaired) electrons. The van der Waals surface area contributed by atoms with Crippen molar-refractivity contribution < 1.29 is 4.79 Å². The summed E-state index contributed by atoms with van der Waals surface area (Å²) >= 11 is 0. The van der Waals surface area contributed by atoms with Gasteiger partial charge in [-0.3, -0.25) is 4.79 Å². The smallest absolute Gasteiger partial charge is 0.150 e. The van der Waals surface area contributed by atoms with Gasteiger partial charge in [-0.2, -0.15) is 10.5 Å². The van der Waals surface area contributed by atoms with Gasteiger partial charge in [-0.25, -0.2) is 0 Å². The minimum atomic E-state index is 0.231. The molecule has 0 aromatic heterocycles. The van der Waals surface area contributed by atoms with Crippen LogP contribution in [0.3, 0.4) is 0 Å². The van der Waals surface area contributed by atoms with E-state index in [9.17, 15) is 4.79 Å². The monoisotopic (exact) mass is 226 g/mol. The minimum absolute atomic E-state index is 0.231. The van der Waals surface area contributed by atoms with E-state index in [1.165, 1.54) is 0 Å². The predicted octanol–water partition coefficient (Wildman–Crippen LogP) is 3.19. The maximum absolute atomic E-state index is 10.5. The van der Waals surface area contributed by atoms with Crippen LogP contribution in [0.2, 0.25) is 0 Å². The van der Waals surface area contributed by atoms with E-state index >= 15 is 0 Å². The molecule has 1 aromatic rings. The third-order valence-electron chi connectivity index (χ3n) is 2.75. The average Bonchev–Trinajstić information content (AvgIpc) is 2.39. The van der Waals surface area contributed by atoms with Crippen molar-refractivity contribution in [3.63, 3.8) is 0 Å². The highest BCUT2D eigenvalue weighted by atomic mass is 16.1. The van der Waals surface area contributed by atoms with Gasteiger partial charge in [0.15, 0.2) is 0 Å². The third kappa shape index (κ3) is 4.09. The summed E-state index contributed by atoms with van der Waals surface area (Å²) in [6.45, 7) is 0. The summed E-state index contributed by atoms with van der Waals surface area (Å²) in [7, 11) is 0. The minimum Gasteiger partial charge on any atom is -0.298 e. The second-order valence-electron chi connectivity index (χ2n) is 3.88. The van der Waals surface area contributed by atoms with Crippen molar-refractivity contribution in [2.45, 2.75) is 31.6 Å². The van der Waals surface area contributed by atoms with Gasteiger partial charge >= 0.3 is 0 Å². The molecule has 0 aliphatic carbocycles. The lowest BCUT2D eigenvalue weighted by molar-refractivity contribution is 0.112. The van der Waals surface area contributed by atoms with Crippen LogP contribution in [0.4, 0.5) is 0 Å². The molecule has 17 heavy (non-hydrogen) atoms. The molecule has 0 heterocycles. The van der Waals surface area contributed by atoms with E-state index in [0.29, 0.717) is 18.4 Å². The molecule has 0 saturated heterocycles. The lowest BCUT2D eigenvalue weighted by atomic mass is 9.90. The zero-order chi connectivity index (χ0) is 12.5. The van der Waals surface area contributed by atoms with Gasteiger partial charge in [0.1, 0.15) is 6.29 Å². The number of rotatable bonds is 6. The maximum atomic E-state index is 10.5. The lowest BCUT2D eigenvalue weighted by Gasteiger charge is -2.14. The van der Waals surface area contributed by atoms with Crippen molar-refractivity contribution >= 4 is 6.29 Å². The molecule has 3 heteroatoms. The van der Waals surface area contributed by atoms with Crippen LogP contribution in [0.5, 0.6) is 0 Å². The van der Waals surface area contributed by atoms with Crippen LogP contribution >= 0.6 is 0 Å². The van der Waals surface area contributed by atoms with Crippen LogP contribution in [0, 0.1) is 22.7 Å². The van der Waals surface area contributed by atoms with Gasteiger partial charge in [-0.1, -0.05) is 24.3 Å². The van der Waals surface area contributed by atoms with Gasteiger partial charge < -0.3 is 0 Å². The molecule has 86 valence electrons. The Morgan fingerprint density at radius 3 is 2.00 bits per heavy atom. The molecule has 0 unspecified atom stereocenters. The Labute approximate surface area is 101 Å². The van der Waals surface area contributed by atoms with Gasteiger partial charge in [0.2, 0.25) is 0 Å². The second-order valence-corrected chi connectivity index (χ2v) is 3.88. The molecule has 0 N–H and O–H groups in total. The Hall–Kier alpha value is -2.13. The Morgan fingerprint density at radius 2 is 1.59 bits per heavy atom. The molecule has 1 rings (SSSR count). The molecule has 0 fully saturated rings. The van der Waals surface area contributed by atoms with Crippen LogP contribution in [0.25, 0.3) is 0 Å². The van der Waals surface area contributed by atoms with Gasteiger partial charge in [-0.05, 0) is 24.3 Å². The van der Waals surface area contributed by atoms with Crippen molar-refractivity contribution in [3.05, 3.63) is 35.4 Å². The third-order valence-corrected chi connectivity index (χ3v) is 2.75. The number of benzene rings is 1. The Morgan fingerprint density at radius 1 is 1.06 bits per heavy atom. The predicted molar refractivity (Wildman–Crippen MR) is 64.3 cm³/mol. The zero-order valence-electron chi connectivity index (χ0n) is 9.60. The highest BCUT2D eigenvalue weighted by Gasteiger charge is 2.10. The largest absolute Gasteiger partial charge is 0.298 e. The van der Waals surface area contributed by atoms with Crippen LogP contribution in [-0.2, 0) is 0 Å². The molecule has 0 spiro atoms. The second kappa shape index (κ2) is 7.19. The first-order valence-electron chi connectivity index (χ1n) is 5.61. The SMILES string of the molecule is N#CCCC(CCC#N)c1ccc(C=O)cc1. The van der Waals surface area contributed by atoms with Crippen molar-refractivity contribution in [1.29, 1.82) is 10.5 Å². The fraction of sp³-hybridized carbons (Fsp3) is 0.357. The van der Waals surface area contributed by atoms with E-state index in [2.05, 4.69) is 12.1 Å². The van der Waals surface area contributed by atoms with E-state index in [-0.39, 0.29) is 5.92 Å². The number of hydrogen-bond acceptors (Lipinski definition) is 3. The molecule has 0 aliphatic heterocycles. The first-order chi connectivity index (χ1) is 8.31. The van der Waals surface area contributed by atoms with Crippen LogP contribution in [0.15, 0.2) is 24.3 Å². The summed E-state index contributed by atoms with van der Waals surface area (Å²) in [5.41, 5.74) is 1.74. The van der Waals surface area contributed by atoms with Crippen molar-refractivity contribution in [3.8, 4) is 12.1 Å². The fourth-order valence-corrected chi connectivity index (χ4v) is 1.80. The first kappa shape index (κ1) is 12.9. The fourth-order valence-electron chi connectivity index (χ4n) is 1.80. The van der Waals surface area contributed by atoms with E-state index in [1.54, 1.807) is 12.1 Å². The molecule has 0 aliphatic rings. The number of aldehydes is 1. The van der Waals surface area contributed by atoms with Gasteiger partial charge in [0.05, 0.1) is 12.1 Å². The average molecular weight is 226 g/mol. The van der Waals surface area contributed by atoms with Crippen molar-refractivity contribution in [2.24, 2.45) is 0 Å². The summed E-state index contributed by atoms with van der Waals surface area (Å²) in [5.74, 6) is 0.231. The van der Waals surface area contributed by atoms with E-state index in [4.69, 9.17) is 10.5 Å². The van der Waals surface area contributed by atoms with E-state index in [1.807, 2.05) is 12.1 Å². The summed E-state index contributed by atoms with van der Waals surface area (Å²) in [5, 5.41) is 17.2. The number of hydrogen-bond donors (Lipinski definition) is 0. The summed E-state index contributed by atoms with van der Waals surface area (Å²) in [4.78, 5) is 10.5. The molecule has 0 amide bonds. The summed E-state index contributed by atoms with van der Waals surface area (Å²) in [6.07, 6.45) is 3.32. The highest BCUT2D eigenvalue weighted by molar-refractivity contribution is 5.74. The quantitative estimate of drug-likeness (QED) is 0.699. The number of nitrogens with zero attached hydrogens (tertiary/aromatic N) is 2. The van der Waals surface area contributed by atoms with Crippen molar-refractivity contribution in [2.75, 3.05) is 0 Å². The molecule has 0 saturated carbocycles. The molecular formula is C14H14N2O. The Bertz CT molecular complexity index is 419. The normalized spacial score (nSPS) is 9.59. The summed E-state index contributed by atoms with van der Waals surface area (Å²) < 4.78 is 0. The Balaban J connectivity index is 2.76. The Kier molecular flexibility index (Phi) is 5.47. The van der Waals surface area contributed by atoms with Crippen LogP contribution < -0.4 is 0 Å². The number of carbonyl (C=O) groups excluding carboxylic acids is 1. The molecule has 3 nitrogen and oxygen atoms in total. The van der Waals surface area contributed by atoms with Gasteiger partial charge in [0, 0.05) is 18.4 Å². The lowest BCUT2D eigenvalue weighted by Crippen LogP contribution is -1.99. The van der Waals surface area contributed by atoms with Crippen molar-refractivity contribution in [1.82, 2.24) is 0 Å². The van der Waals surface area contributed by atoms with Crippen LogP contribution in [0.1, 0.15) is 47.5 Å². The summed E-state index contributed by atoms with van der Waals surface area (Å²) in [6, 6.07) is 11.6. The first-order valence-corrected chi connectivity index (χ1v) is 5.61. The zero-order valence-corrected chi connectivity index (χ0v) is 9.60. The maximum Gasteiger partial charge on any atom is 0.150 e.